The molecule has 172 valence electrons. The van der Waals surface area contributed by atoms with Crippen LogP contribution in [0.4, 0.5) is 5.82 Å². The highest BCUT2D eigenvalue weighted by Crippen LogP contribution is 2.32. The van der Waals surface area contributed by atoms with Gasteiger partial charge in [0.05, 0.1) is 11.2 Å². The number of allylic oxidation sites excluding steroid dienone is 1. The molecule has 1 saturated carbocycles. The Morgan fingerprint density at radius 3 is 2.60 bits per heavy atom. The van der Waals surface area contributed by atoms with Crippen molar-refractivity contribution in [2.45, 2.75) is 32.7 Å². The molecule has 1 aliphatic carbocycles. The average molecular weight is 458 g/mol. The minimum atomic E-state index is 0.683. The molecule has 0 bridgehead atoms. The summed E-state index contributed by atoms with van der Waals surface area (Å²) in [4.78, 5) is 13.5. The first-order chi connectivity index (χ1) is 17.2. The lowest BCUT2D eigenvalue weighted by atomic mass is 9.88. The van der Waals surface area contributed by atoms with E-state index in [-0.39, 0.29) is 0 Å². The van der Waals surface area contributed by atoms with Crippen molar-refractivity contribution in [2.24, 2.45) is 5.73 Å². The van der Waals surface area contributed by atoms with Gasteiger partial charge >= 0.3 is 0 Å². The number of anilines is 1. The van der Waals surface area contributed by atoms with Crippen molar-refractivity contribution in [3.05, 3.63) is 102 Å². The van der Waals surface area contributed by atoms with Gasteiger partial charge in [-0.05, 0) is 84.0 Å². The fourth-order valence-electron chi connectivity index (χ4n) is 4.73. The van der Waals surface area contributed by atoms with Gasteiger partial charge in [0.15, 0.2) is 0 Å². The largest absolute Gasteiger partial charge is 0.398 e. The molecule has 2 heterocycles. The molecular formula is C30H27N5. The van der Waals surface area contributed by atoms with E-state index in [9.17, 15) is 0 Å². The summed E-state index contributed by atoms with van der Waals surface area (Å²) in [5.74, 6) is 0.844. The maximum atomic E-state index is 6.38. The Kier molecular flexibility index (Phi) is 5.38. The zero-order valence-corrected chi connectivity index (χ0v) is 19.8. The van der Waals surface area contributed by atoms with Gasteiger partial charge in [0.2, 0.25) is 0 Å². The molecule has 0 saturated heterocycles. The lowest BCUT2D eigenvalue weighted by Gasteiger charge is -2.20. The van der Waals surface area contributed by atoms with Crippen molar-refractivity contribution in [3.63, 3.8) is 0 Å². The number of aromatic nitrogens is 3. The maximum Gasteiger partial charge on any atom is 0.133 e. The first-order valence-electron chi connectivity index (χ1n) is 12.1. The predicted molar refractivity (Wildman–Crippen MR) is 144 cm³/mol. The summed E-state index contributed by atoms with van der Waals surface area (Å²) in [6.45, 7) is 2.75. The Hall–Kier alpha value is -4.25. The normalized spacial score (nSPS) is 13.1. The third-order valence-corrected chi connectivity index (χ3v) is 6.97. The van der Waals surface area contributed by atoms with E-state index in [1.54, 1.807) is 6.33 Å². The Morgan fingerprint density at radius 1 is 0.886 bits per heavy atom. The molecule has 1 aliphatic rings. The SMILES string of the molecule is Cc1c(NCc2ccc3cc(C(N)=C4CCC4)ccc3c2)ncnc1-c1ccc2ncccc2c1. The fraction of sp³-hybridized carbons (Fsp3) is 0.167. The van der Waals surface area contributed by atoms with Crippen molar-refractivity contribution in [3.8, 4) is 11.3 Å². The first kappa shape index (κ1) is 21.3. The van der Waals surface area contributed by atoms with Crippen LogP contribution >= 0.6 is 0 Å². The molecule has 1 fully saturated rings. The number of nitrogens with two attached hydrogens (primary N) is 1. The van der Waals surface area contributed by atoms with Crippen LogP contribution in [0.1, 0.15) is 36.0 Å². The zero-order chi connectivity index (χ0) is 23.8. The highest BCUT2D eigenvalue weighted by molar-refractivity contribution is 5.87. The topological polar surface area (TPSA) is 76.7 Å². The Labute approximate surface area is 204 Å². The molecule has 2 aromatic heterocycles. The quantitative estimate of drug-likeness (QED) is 0.310. The molecule has 35 heavy (non-hydrogen) atoms. The van der Waals surface area contributed by atoms with Crippen LogP contribution in [0, 0.1) is 6.92 Å². The summed E-state index contributed by atoms with van der Waals surface area (Å²) >= 11 is 0. The Morgan fingerprint density at radius 2 is 1.74 bits per heavy atom. The number of fused-ring (bicyclic) bond motifs is 2. The molecule has 0 atom stereocenters. The van der Waals surface area contributed by atoms with Crippen LogP contribution in [0.15, 0.2) is 84.8 Å². The van der Waals surface area contributed by atoms with Crippen molar-refractivity contribution >= 4 is 33.2 Å². The molecule has 3 N–H and O–H groups in total. The minimum Gasteiger partial charge on any atom is -0.398 e. The highest BCUT2D eigenvalue weighted by Gasteiger charge is 2.14. The number of nitrogens with zero attached hydrogens (tertiary/aromatic N) is 3. The van der Waals surface area contributed by atoms with E-state index in [0.717, 1.165) is 57.6 Å². The van der Waals surface area contributed by atoms with Gasteiger partial charge in [-0.1, -0.05) is 36.4 Å². The molecule has 6 rings (SSSR count). The van der Waals surface area contributed by atoms with E-state index in [4.69, 9.17) is 5.73 Å². The van der Waals surface area contributed by atoms with Gasteiger partial charge in [-0.2, -0.15) is 0 Å². The van der Waals surface area contributed by atoms with Crippen LogP contribution in [-0.4, -0.2) is 15.0 Å². The molecule has 0 radical (unpaired) electrons. The third-order valence-electron chi connectivity index (χ3n) is 6.97. The lowest BCUT2D eigenvalue weighted by molar-refractivity contribution is 0.664. The molecule has 0 unspecified atom stereocenters. The molecular weight excluding hydrogens is 430 g/mol. The summed E-state index contributed by atoms with van der Waals surface area (Å²) < 4.78 is 0. The van der Waals surface area contributed by atoms with E-state index in [1.165, 1.54) is 28.3 Å². The zero-order valence-electron chi connectivity index (χ0n) is 19.8. The van der Waals surface area contributed by atoms with Gasteiger partial charge in [-0.25, -0.2) is 9.97 Å². The van der Waals surface area contributed by atoms with Gasteiger partial charge in [-0.3, -0.25) is 4.98 Å². The number of hydrogen-bond acceptors (Lipinski definition) is 5. The second-order valence-corrected chi connectivity index (χ2v) is 9.23. The summed E-state index contributed by atoms with van der Waals surface area (Å²) in [5.41, 5.74) is 15.1. The summed E-state index contributed by atoms with van der Waals surface area (Å²) in [5, 5.41) is 7.03. The Bertz CT molecular complexity index is 1600. The molecule has 5 aromatic rings. The summed E-state index contributed by atoms with van der Waals surface area (Å²) in [7, 11) is 0. The summed E-state index contributed by atoms with van der Waals surface area (Å²) in [6.07, 6.45) is 6.97. The fourth-order valence-corrected chi connectivity index (χ4v) is 4.73. The number of benzene rings is 3. The molecule has 0 spiro atoms. The number of nitrogens with one attached hydrogen (secondary N) is 1. The third kappa shape index (κ3) is 4.10. The van der Waals surface area contributed by atoms with E-state index < -0.39 is 0 Å². The van der Waals surface area contributed by atoms with E-state index in [0.29, 0.717) is 6.54 Å². The van der Waals surface area contributed by atoms with Crippen LogP contribution < -0.4 is 11.1 Å². The second-order valence-electron chi connectivity index (χ2n) is 9.23. The molecule has 5 nitrogen and oxygen atoms in total. The van der Waals surface area contributed by atoms with Crippen LogP contribution in [0.25, 0.3) is 38.6 Å². The van der Waals surface area contributed by atoms with Crippen LogP contribution in [0.5, 0.6) is 0 Å². The van der Waals surface area contributed by atoms with Crippen molar-refractivity contribution < 1.29 is 0 Å². The van der Waals surface area contributed by atoms with Gasteiger partial charge in [0.1, 0.15) is 12.1 Å². The number of hydrogen-bond donors (Lipinski definition) is 2. The minimum absolute atomic E-state index is 0.683. The van der Waals surface area contributed by atoms with Crippen LogP contribution in [0.2, 0.25) is 0 Å². The van der Waals surface area contributed by atoms with Crippen LogP contribution in [0.3, 0.4) is 0 Å². The second kappa shape index (κ2) is 8.84. The summed E-state index contributed by atoms with van der Waals surface area (Å²) in [6, 6.07) is 23.3. The van der Waals surface area contributed by atoms with E-state index >= 15 is 0 Å². The molecule has 3 aromatic carbocycles. The average Bonchev–Trinajstić information content (AvgIpc) is 2.86. The Balaban J connectivity index is 1.23. The van der Waals surface area contributed by atoms with E-state index in [2.05, 4.69) is 81.8 Å². The smallest absolute Gasteiger partial charge is 0.133 e. The highest BCUT2D eigenvalue weighted by atomic mass is 15.0. The molecule has 0 aliphatic heterocycles. The standard InChI is InChI=1S/C30H27N5/c1-19-29(26-11-12-27-24(16-26)6-3-13-32-27)34-18-35-30(19)33-17-20-7-8-23-15-25(10-9-22(23)14-20)28(31)21-4-2-5-21/h3,6-16,18H,2,4-5,17,31H2,1H3,(H,33,34,35). The maximum absolute atomic E-state index is 6.38. The predicted octanol–water partition coefficient (Wildman–Crippen LogP) is 6.62. The van der Waals surface area contributed by atoms with Gasteiger partial charge in [0, 0.05) is 35.0 Å². The van der Waals surface area contributed by atoms with Gasteiger partial charge in [-0.15, -0.1) is 0 Å². The lowest BCUT2D eigenvalue weighted by Crippen LogP contribution is -2.08. The number of pyridine rings is 1. The molecule has 5 heteroatoms. The van der Waals surface area contributed by atoms with Crippen molar-refractivity contribution in [2.75, 3.05) is 5.32 Å². The monoisotopic (exact) mass is 457 g/mol. The van der Waals surface area contributed by atoms with Gasteiger partial charge in [0.25, 0.3) is 0 Å². The van der Waals surface area contributed by atoms with Gasteiger partial charge < -0.3 is 11.1 Å². The number of rotatable bonds is 5. The molecule has 0 amide bonds. The first-order valence-corrected chi connectivity index (χ1v) is 12.1. The van der Waals surface area contributed by atoms with Crippen LogP contribution in [-0.2, 0) is 6.54 Å². The van der Waals surface area contributed by atoms with E-state index in [1.807, 2.05) is 18.3 Å². The van der Waals surface area contributed by atoms with Crippen molar-refractivity contribution in [1.82, 2.24) is 15.0 Å². The van der Waals surface area contributed by atoms with Crippen molar-refractivity contribution in [1.29, 1.82) is 0 Å².